The fraction of sp³-hybridized carbons (Fsp3) is 0.0769. The predicted molar refractivity (Wildman–Crippen MR) is 78.8 cm³/mol. The van der Waals surface area contributed by atoms with E-state index < -0.39 is 0 Å². The van der Waals surface area contributed by atoms with Crippen LogP contribution in [0.3, 0.4) is 0 Å². The Morgan fingerprint density at radius 2 is 1.94 bits per heavy atom. The zero-order chi connectivity index (χ0) is 13.1. The number of hydrogen-bond donors (Lipinski definition) is 1. The molecule has 5 heteroatoms. The molecule has 0 bridgehead atoms. The molecular formula is C13H10Br2N2O. The molecule has 0 fully saturated rings. The molecule has 0 aliphatic rings. The number of aromatic nitrogens is 1. The van der Waals surface area contributed by atoms with Crippen LogP contribution >= 0.6 is 31.9 Å². The molecule has 0 aliphatic heterocycles. The number of hydrogen-bond acceptors (Lipinski definition) is 2. The second-order valence-electron chi connectivity index (χ2n) is 3.81. The molecule has 18 heavy (non-hydrogen) atoms. The number of benzene rings is 1. The third-order valence-electron chi connectivity index (χ3n) is 2.40. The predicted octanol–water partition coefficient (Wildman–Crippen LogP) is 4.17. The molecule has 0 aliphatic carbocycles. The first-order valence-corrected chi connectivity index (χ1v) is 6.83. The van der Waals surface area contributed by atoms with Crippen LogP contribution in [0.5, 0.6) is 0 Å². The minimum atomic E-state index is -0.172. The van der Waals surface area contributed by atoms with Gasteiger partial charge < -0.3 is 5.32 Å². The molecule has 0 saturated carbocycles. The first-order chi connectivity index (χ1) is 8.56. The lowest BCUT2D eigenvalue weighted by Crippen LogP contribution is -2.13. The molecule has 1 aromatic carbocycles. The van der Waals surface area contributed by atoms with E-state index >= 15 is 0 Å². The van der Waals surface area contributed by atoms with E-state index in [4.69, 9.17) is 0 Å². The van der Waals surface area contributed by atoms with Crippen LogP contribution in [0.2, 0.25) is 0 Å². The number of anilines is 1. The lowest BCUT2D eigenvalue weighted by Gasteiger charge is -2.08. The van der Waals surface area contributed by atoms with Gasteiger partial charge in [0.1, 0.15) is 0 Å². The SMILES string of the molecule is Cc1cc(Br)ccc1NC(=O)c1cncc(Br)c1. The van der Waals surface area contributed by atoms with E-state index in [-0.39, 0.29) is 5.91 Å². The lowest BCUT2D eigenvalue weighted by molar-refractivity contribution is 0.102. The Morgan fingerprint density at radius 1 is 1.17 bits per heavy atom. The maximum Gasteiger partial charge on any atom is 0.257 e. The van der Waals surface area contributed by atoms with E-state index in [2.05, 4.69) is 42.2 Å². The van der Waals surface area contributed by atoms with E-state index in [9.17, 15) is 4.79 Å². The van der Waals surface area contributed by atoms with Crippen LogP contribution in [0.15, 0.2) is 45.6 Å². The van der Waals surface area contributed by atoms with Crippen molar-refractivity contribution in [1.82, 2.24) is 4.98 Å². The van der Waals surface area contributed by atoms with Crippen molar-refractivity contribution in [3.63, 3.8) is 0 Å². The second-order valence-corrected chi connectivity index (χ2v) is 5.64. The number of carbonyl (C=O) groups is 1. The summed E-state index contributed by atoms with van der Waals surface area (Å²) < 4.78 is 1.77. The van der Waals surface area contributed by atoms with E-state index in [1.165, 1.54) is 6.20 Å². The molecule has 3 nitrogen and oxygen atoms in total. The third-order valence-corrected chi connectivity index (χ3v) is 3.33. The summed E-state index contributed by atoms with van der Waals surface area (Å²) in [6.45, 7) is 1.94. The average Bonchev–Trinajstić information content (AvgIpc) is 2.32. The molecule has 2 aromatic rings. The molecule has 1 aromatic heterocycles. The number of carbonyl (C=O) groups excluding carboxylic acids is 1. The van der Waals surface area contributed by atoms with Gasteiger partial charge in [-0.25, -0.2) is 0 Å². The van der Waals surface area contributed by atoms with Crippen LogP contribution in [-0.2, 0) is 0 Å². The summed E-state index contributed by atoms with van der Waals surface area (Å²) in [6, 6.07) is 7.44. The van der Waals surface area contributed by atoms with Gasteiger partial charge >= 0.3 is 0 Å². The van der Waals surface area contributed by atoms with E-state index in [1.807, 2.05) is 25.1 Å². The van der Waals surface area contributed by atoms with Crippen LogP contribution in [0.25, 0.3) is 0 Å². The summed E-state index contributed by atoms with van der Waals surface area (Å²) in [6.07, 6.45) is 3.18. The quantitative estimate of drug-likeness (QED) is 0.863. The Balaban J connectivity index is 2.21. The molecule has 0 spiro atoms. The highest BCUT2D eigenvalue weighted by Gasteiger charge is 2.08. The number of amides is 1. The van der Waals surface area contributed by atoms with Crippen LogP contribution in [-0.4, -0.2) is 10.9 Å². The van der Waals surface area contributed by atoms with Crippen LogP contribution in [0.1, 0.15) is 15.9 Å². The standard InChI is InChI=1S/C13H10Br2N2O/c1-8-4-10(14)2-3-12(8)17-13(18)9-5-11(15)7-16-6-9/h2-7H,1H3,(H,17,18). The van der Waals surface area contributed by atoms with Crippen molar-refractivity contribution in [3.8, 4) is 0 Å². The zero-order valence-electron chi connectivity index (χ0n) is 9.58. The minimum absolute atomic E-state index is 0.172. The molecule has 0 atom stereocenters. The highest BCUT2D eigenvalue weighted by atomic mass is 79.9. The van der Waals surface area contributed by atoms with E-state index in [0.29, 0.717) is 5.56 Å². The van der Waals surface area contributed by atoms with Gasteiger partial charge in [-0.3, -0.25) is 9.78 Å². The second kappa shape index (κ2) is 5.63. The van der Waals surface area contributed by atoms with Crippen molar-refractivity contribution in [2.45, 2.75) is 6.92 Å². The molecule has 92 valence electrons. The van der Waals surface area contributed by atoms with Crippen molar-refractivity contribution >= 4 is 43.5 Å². The molecule has 1 N–H and O–H groups in total. The fourth-order valence-electron chi connectivity index (χ4n) is 1.50. The maximum absolute atomic E-state index is 12.0. The smallest absolute Gasteiger partial charge is 0.257 e. The number of nitrogens with one attached hydrogen (secondary N) is 1. The highest BCUT2D eigenvalue weighted by molar-refractivity contribution is 9.10. The summed E-state index contributed by atoms with van der Waals surface area (Å²) in [5, 5.41) is 2.86. The lowest BCUT2D eigenvalue weighted by atomic mass is 10.2. The Kier molecular flexibility index (Phi) is 4.14. The van der Waals surface area contributed by atoms with Gasteiger partial charge in [0.15, 0.2) is 0 Å². The Bertz CT molecular complexity index is 599. The van der Waals surface area contributed by atoms with Crippen molar-refractivity contribution in [2.75, 3.05) is 5.32 Å². The monoisotopic (exact) mass is 368 g/mol. The van der Waals surface area contributed by atoms with Gasteiger partial charge in [-0.2, -0.15) is 0 Å². The molecule has 0 unspecified atom stereocenters. The van der Waals surface area contributed by atoms with Crippen LogP contribution in [0.4, 0.5) is 5.69 Å². The number of aryl methyl sites for hydroxylation is 1. The number of halogens is 2. The van der Waals surface area contributed by atoms with Gasteiger partial charge in [-0.15, -0.1) is 0 Å². The molecule has 2 rings (SSSR count). The van der Waals surface area contributed by atoms with Crippen molar-refractivity contribution in [3.05, 3.63) is 56.7 Å². The zero-order valence-corrected chi connectivity index (χ0v) is 12.7. The van der Waals surface area contributed by atoms with Gasteiger partial charge in [-0.1, -0.05) is 15.9 Å². The van der Waals surface area contributed by atoms with Crippen LogP contribution < -0.4 is 5.32 Å². The molecular weight excluding hydrogens is 360 g/mol. The topological polar surface area (TPSA) is 42.0 Å². The van der Waals surface area contributed by atoms with Crippen molar-refractivity contribution < 1.29 is 4.79 Å². The van der Waals surface area contributed by atoms with Crippen molar-refractivity contribution in [2.24, 2.45) is 0 Å². The van der Waals surface area contributed by atoms with Crippen LogP contribution in [0, 0.1) is 6.92 Å². The number of pyridine rings is 1. The summed E-state index contributed by atoms with van der Waals surface area (Å²) in [5.41, 5.74) is 2.32. The van der Waals surface area contributed by atoms with Gasteiger partial charge in [0.25, 0.3) is 5.91 Å². The molecule has 1 heterocycles. The molecule has 0 radical (unpaired) electrons. The summed E-state index contributed by atoms with van der Waals surface area (Å²) >= 11 is 6.68. The first kappa shape index (κ1) is 13.2. The highest BCUT2D eigenvalue weighted by Crippen LogP contribution is 2.21. The van der Waals surface area contributed by atoms with Gasteiger partial charge in [0.05, 0.1) is 5.56 Å². The largest absolute Gasteiger partial charge is 0.322 e. The van der Waals surface area contributed by atoms with Gasteiger partial charge in [0.2, 0.25) is 0 Å². The molecule has 0 saturated heterocycles. The number of rotatable bonds is 2. The summed E-state index contributed by atoms with van der Waals surface area (Å²) in [5.74, 6) is -0.172. The Morgan fingerprint density at radius 3 is 2.61 bits per heavy atom. The summed E-state index contributed by atoms with van der Waals surface area (Å²) in [4.78, 5) is 16.0. The normalized spacial score (nSPS) is 10.2. The molecule has 1 amide bonds. The Labute approximate surface area is 122 Å². The number of nitrogens with zero attached hydrogens (tertiary/aromatic N) is 1. The van der Waals surface area contributed by atoms with Gasteiger partial charge in [-0.05, 0) is 52.7 Å². The minimum Gasteiger partial charge on any atom is -0.322 e. The third kappa shape index (κ3) is 3.17. The maximum atomic E-state index is 12.0. The average molecular weight is 370 g/mol. The van der Waals surface area contributed by atoms with Gasteiger partial charge in [0, 0.05) is 27.0 Å². The van der Waals surface area contributed by atoms with E-state index in [0.717, 1.165) is 20.2 Å². The van der Waals surface area contributed by atoms with Crippen molar-refractivity contribution in [1.29, 1.82) is 0 Å². The fourth-order valence-corrected chi connectivity index (χ4v) is 2.34. The van der Waals surface area contributed by atoms with E-state index in [1.54, 1.807) is 12.3 Å². The first-order valence-electron chi connectivity index (χ1n) is 5.24. The Hall–Kier alpha value is -1.20. The summed E-state index contributed by atoms with van der Waals surface area (Å²) in [7, 11) is 0.